The molecule has 0 bridgehead atoms. The minimum Gasteiger partial charge on any atom is -0.363 e. The van der Waals surface area contributed by atoms with Crippen LogP contribution in [0.4, 0.5) is 5.69 Å². The quantitative estimate of drug-likeness (QED) is 0.758. The molecule has 0 aliphatic heterocycles. The van der Waals surface area contributed by atoms with Crippen molar-refractivity contribution in [2.75, 3.05) is 18.0 Å². The van der Waals surface area contributed by atoms with Gasteiger partial charge in [-0.3, -0.25) is 4.79 Å². The molecule has 0 aliphatic rings. The van der Waals surface area contributed by atoms with E-state index in [0.717, 1.165) is 5.69 Å². The average molecular weight is 278 g/mol. The Morgan fingerprint density at radius 1 is 1.10 bits per heavy atom. The number of benzene rings is 2. The van der Waals surface area contributed by atoms with Crippen LogP contribution >= 0.6 is 0 Å². The minimum atomic E-state index is 0.0640. The van der Waals surface area contributed by atoms with Crippen LogP contribution in [0, 0.1) is 18.3 Å². The van der Waals surface area contributed by atoms with Crippen LogP contribution in [0.3, 0.4) is 0 Å². The largest absolute Gasteiger partial charge is 0.363 e. The number of nitriles is 1. The first kappa shape index (κ1) is 14.8. The lowest BCUT2D eigenvalue weighted by Crippen LogP contribution is -2.30. The monoisotopic (exact) mass is 278 g/mol. The van der Waals surface area contributed by atoms with E-state index in [9.17, 15) is 4.79 Å². The minimum absolute atomic E-state index is 0.0640. The maximum absolute atomic E-state index is 12.3. The normalized spacial score (nSPS) is 9.90. The number of anilines is 1. The van der Waals surface area contributed by atoms with E-state index in [1.807, 2.05) is 66.4 Å². The van der Waals surface area contributed by atoms with Crippen molar-refractivity contribution in [1.82, 2.24) is 0 Å². The summed E-state index contributed by atoms with van der Waals surface area (Å²) in [4.78, 5) is 14.3. The molecule has 0 aliphatic carbocycles. The fraction of sp³-hybridized carbons (Fsp3) is 0.222. The van der Waals surface area contributed by atoms with Gasteiger partial charge in [0.25, 0.3) is 0 Å². The zero-order valence-electron chi connectivity index (χ0n) is 12.1. The second-order valence-electron chi connectivity index (χ2n) is 4.95. The van der Waals surface area contributed by atoms with Crippen LogP contribution in [0.25, 0.3) is 0 Å². The van der Waals surface area contributed by atoms with Gasteiger partial charge in [-0.1, -0.05) is 48.0 Å². The Hall–Kier alpha value is -2.60. The molecule has 0 saturated carbocycles. The zero-order chi connectivity index (χ0) is 15.1. The molecular formula is C18H18N2O. The van der Waals surface area contributed by atoms with Gasteiger partial charge in [0.05, 0.1) is 19.0 Å². The number of carbonyl (C=O) groups excluding carboxylic acids is 1. The van der Waals surface area contributed by atoms with Crippen LogP contribution in [0.1, 0.15) is 22.3 Å². The third-order valence-electron chi connectivity index (χ3n) is 3.32. The van der Waals surface area contributed by atoms with Crippen molar-refractivity contribution in [3.05, 3.63) is 65.7 Å². The molecule has 2 aromatic rings. The van der Waals surface area contributed by atoms with Gasteiger partial charge >= 0.3 is 0 Å². The van der Waals surface area contributed by atoms with Crippen LogP contribution in [0.2, 0.25) is 0 Å². The van der Waals surface area contributed by atoms with E-state index in [1.165, 1.54) is 5.56 Å². The first-order chi connectivity index (χ1) is 10.2. The van der Waals surface area contributed by atoms with Crippen molar-refractivity contribution in [3.63, 3.8) is 0 Å². The van der Waals surface area contributed by atoms with E-state index in [0.29, 0.717) is 18.5 Å². The molecule has 0 radical (unpaired) electrons. The number of hydrogen-bond acceptors (Lipinski definition) is 3. The van der Waals surface area contributed by atoms with Crippen molar-refractivity contribution in [2.45, 2.75) is 13.3 Å². The van der Waals surface area contributed by atoms with Crippen LogP contribution in [-0.2, 0) is 0 Å². The lowest BCUT2D eigenvalue weighted by molar-refractivity contribution is 0.0999. The summed E-state index contributed by atoms with van der Waals surface area (Å²) in [7, 11) is 0. The second kappa shape index (κ2) is 7.25. The fourth-order valence-electron chi connectivity index (χ4n) is 2.13. The van der Waals surface area contributed by atoms with Crippen molar-refractivity contribution < 1.29 is 4.79 Å². The van der Waals surface area contributed by atoms with E-state index in [-0.39, 0.29) is 12.3 Å². The van der Waals surface area contributed by atoms with Gasteiger partial charge in [0.15, 0.2) is 5.78 Å². The van der Waals surface area contributed by atoms with E-state index >= 15 is 0 Å². The highest BCUT2D eigenvalue weighted by Crippen LogP contribution is 2.16. The average Bonchev–Trinajstić information content (AvgIpc) is 2.53. The number of rotatable bonds is 6. The first-order valence-corrected chi connectivity index (χ1v) is 6.97. The number of Topliss-reactive ketones (excluding diaryl/α,β-unsaturated/α-hetero) is 1. The molecule has 2 rings (SSSR count). The maximum Gasteiger partial charge on any atom is 0.182 e. The zero-order valence-corrected chi connectivity index (χ0v) is 12.1. The summed E-state index contributed by atoms with van der Waals surface area (Å²) in [6, 6.07) is 19.4. The van der Waals surface area contributed by atoms with E-state index in [1.54, 1.807) is 0 Å². The lowest BCUT2D eigenvalue weighted by Gasteiger charge is -2.23. The number of ketones is 1. The smallest absolute Gasteiger partial charge is 0.182 e. The Morgan fingerprint density at radius 2 is 1.76 bits per heavy atom. The van der Waals surface area contributed by atoms with Crippen molar-refractivity contribution in [3.8, 4) is 6.07 Å². The third kappa shape index (κ3) is 4.19. The predicted molar refractivity (Wildman–Crippen MR) is 84.4 cm³/mol. The van der Waals surface area contributed by atoms with Gasteiger partial charge < -0.3 is 4.90 Å². The highest BCUT2D eigenvalue weighted by molar-refractivity contribution is 5.99. The Labute approximate surface area is 125 Å². The van der Waals surface area contributed by atoms with Gasteiger partial charge in [-0.25, -0.2) is 0 Å². The van der Waals surface area contributed by atoms with E-state index in [4.69, 9.17) is 5.26 Å². The summed E-state index contributed by atoms with van der Waals surface area (Å²) in [6.45, 7) is 2.87. The van der Waals surface area contributed by atoms with Gasteiger partial charge in [-0.05, 0) is 19.1 Å². The summed E-state index contributed by atoms with van der Waals surface area (Å²) in [5, 5.41) is 8.80. The topological polar surface area (TPSA) is 44.1 Å². The van der Waals surface area contributed by atoms with Crippen LogP contribution in [0.15, 0.2) is 54.6 Å². The second-order valence-corrected chi connectivity index (χ2v) is 4.95. The Balaban J connectivity index is 2.15. The SMILES string of the molecule is Cc1ccc(N(CCC#N)CC(=O)c2ccccc2)cc1. The summed E-state index contributed by atoms with van der Waals surface area (Å²) >= 11 is 0. The van der Waals surface area contributed by atoms with Gasteiger partial charge in [0.1, 0.15) is 0 Å². The molecule has 0 atom stereocenters. The molecular weight excluding hydrogens is 260 g/mol. The fourth-order valence-corrected chi connectivity index (χ4v) is 2.13. The summed E-state index contributed by atoms with van der Waals surface area (Å²) in [5.74, 6) is 0.0640. The Bertz CT molecular complexity index is 627. The maximum atomic E-state index is 12.3. The van der Waals surface area contributed by atoms with E-state index in [2.05, 4.69) is 6.07 Å². The van der Waals surface area contributed by atoms with Gasteiger partial charge in [0, 0.05) is 17.8 Å². The highest BCUT2D eigenvalue weighted by atomic mass is 16.1. The van der Waals surface area contributed by atoms with Crippen LogP contribution in [-0.4, -0.2) is 18.9 Å². The van der Waals surface area contributed by atoms with Crippen LogP contribution < -0.4 is 4.90 Å². The van der Waals surface area contributed by atoms with E-state index < -0.39 is 0 Å². The number of aryl methyl sites for hydroxylation is 1. The standard InChI is InChI=1S/C18H18N2O/c1-15-8-10-17(11-9-15)20(13-5-12-19)14-18(21)16-6-3-2-4-7-16/h2-4,6-11H,5,13-14H2,1H3. The molecule has 2 aromatic carbocycles. The van der Waals surface area contributed by atoms with Gasteiger partial charge in [-0.15, -0.1) is 0 Å². The predicted octanol–water partition coefficient (Wildman–Crippen LogP) is 3.60. The summed E-state index contributed by atoms with van der Waals surface area (Å²) < 4.78 is 0. The number of nitrogens with zero attached hydrogens (tertiary/aromatic N) is 2. The molecule has 0 aromatic heterocycles. The summed E-state index contributed by atoms with van der Waals surface area (Å²) in [5.41, 5.74) is 2.85. The molecule has 21 heavy (non-hydrogen) atoms. The molecule has 0 N–H and O–H groups in total. The Morgan fingerprint density at radius 3 is 2.38 bits per heavy atom. The molecule has 0 heterocycles. The third-order valence-corrected chi connectivity index (χ3v) is 3.32. The molecule has 106 valence electrons. The molecule has 3 nitrogen and oxygen atoms in total. The summed E-state index contributed by atoms with van der Waals surface area (Å²) in [6.07, 6.45) is 0.399. The number of carbonyl (C=O) groups is 1. The van der Waals surface area contributed by atoms with Crippen molar-refractivity contribution >= 4 is 11.5 Å². The van der Waals surface area contributed by atoms with Crippen molar-refractivity contribution in [1.29, 1.82) is 5.26 Å². The molecule has 0 saturated heterocycles. The molecule has 0 fully saturated rings. The van der Waals surface area contributed by atoms with Crippen molar-refractivity contribution in [2.24, 2.45) is 0 Å². The Kier molecular flexibility index (Phi) is 5.11. The lowest BCUT2D eigenvalue weighted by atomic mass is 10.1. The number of hydrogen-bond donors (Lipinski definition) is 0. The molecule has 0 unspecified atom stereocenters. The molecule has 0 amide bonds. The highest BCUT2D eigenvalue weighted by Gasteiger charge is 2.12. The molecule has 3 heteroatoms. The molecule has 0 spiro atoms. The van der Waals surface area contributed by atoms with Gasteiger partial charge in [0.2, 0.25) is 0 Å². The first-order valence-electron chi connectivity index (χ1n) is 6.97. The van der Waals surface area contributed by atoms with Gasteiger partial charge in [-0.2, -0.15) is 5.26 Å². The van der Waals surface area contributed by atoms with Crippen LogP contribution in [0.5, 0.6) is 0 Å².